The van der Waals surface area contributed by atoms with Crippen molar-refractivity contribution in [2.24, 2.45) is 0 Å². The van der Waals surface area contributed by atoms with Crippen molar-refractivity contribution in [1.29, 1.82) is 0 Å². The van der Waals surface area contributed by atoms with Crippen molar-refractivity contribution in [2.75, 3.05) is 0 Å². The van der Waals surface area contributed by atoms with Crippen molar-refractivity contribution in [2.45, 2.75) is 64.0 Å². The Bertz CT molecular complexity index is 678. The van der Waals surface area contributed by atoms with Crippen LogP contribution in [0.25, 0.3) is 0 Å². The minimum Gasteiger partial charge on any atom is -0.480 e. The van der Waals surface area contributed by atoms with E-state index < -0.39 is 35.7 Å². The second-order valence-corrected chi connectivity index (χ2v) is 6.77. The maximum absolute atomic E-state index is 13.4. The number of aliphatic carboxylic acids is 1. The quantitative estimate of drug-likeness (QED) is 0.355. The highest BCUT2D eigenvalue weighted by molar-refractivity contribution is 5.90. The first-order valence-electron chi connectivity index (χ1n) is 9.49. The van der Waals surface area contributed by atoms with Gasteiger partial charge in [0.1, 0.15) is 17.9 Å². The van der Waals surface area contributed by atoms with E-state index in [0.29, 0.717) is 18.4 Å². The van der Waals surface area contributed by atoms with Crippen molar-refractivity contribution in [3.63, 3.8) is 0 Å². The van der Waals surface area contributed by atoms with E-state index in [4.69, 9.17) is 0 Å². The molecule has 1 aromatic rings. The van der Waals surface area contributed by atoms with Gasteiger partial charge in [0.25, 0.3) is 0 Å². The molecule has 0 bridgehead atoms. The number of carboxylic acid groups (broad SMARTS) is 1. The molecule has 28 heavy (non-hydrogen) atoms. The van der Waals surface area contributed by atoms with Crippen LogP contribution < -0.4 is 10.6 Å². The van der Waals surface area contributed by atoms with Crippen molar-refractivity contribution in [3.8, 4) is 0 Å². The maximum atomic E-state index is 13.4. The maximum Gasteiger partial charge on any atom is 0.326 e. The van der Waals surface area contributed by atoms with Gasteiger partial charge in [0.15, 0.2) is 0 Å². The van der Waals surface area contributed by atoms with E-state index in [1.807, 2.05) is 6.08 Å². The zero-order chi connectivity index (χ0) is 20.9. The summed E-state index contributed by atoms with van der Waals surface area (Å²) in [6.45, 7) is 4.93. The summed E-state index contributed by atoms with van der Waals surface area (Å²) >= 11 is 0. The number of hydrogen-bond donors (Lipinski definition) is 3. The molecule has 2 atom stereocenters. The predicted molar refractivity (Wildman–Crippen MR) is 105 cm³/mol. The fourth-order valence-electron chi connectivity index (χ4n) is 2.87. The Labute approximate surface area is 165 Å². The summed E-state index contributed by atoms with van der Waals surface area (Å²) in [6.07, 6.45) is 6.67. The third kappa shape index (κ3) is 9.30. The molecule has 0 aliphatic carbocycles. The Morgan fingerprint density at radius 1 is 1.14 bits per heavy atom. The third-order valence-corrected chi connectivity index (χ3v) is 4.29. The van der Waals surface area contributed by atoms with Crippen LogP contribution in [0.5, 0.6) is 0 Å². The SMILES string of the molecule is C=CCCCCCC[C@H](NC(=O)[C@@H](Cc1cccc(F)c1)NC(C)=O)C(=O)O. The summed E-state index contributed by atoms with van der Waals surface area (Å²) in [5, 5.41) is 14.4. The molecule has 0 fully saturated rings. The van der Waals surface area contributed by atoms with E-state index >= 15 is 0 Å². The zero-order valence-corrected chi connectivity index (χ0v) is 16.2. The summed E-state index contributed by atoms with van der Waals surface area (Å²) < 4.78 is 13.4. The second kappa shape index (κ2) is 12.6. The molecule has 0 heterocycles. The number of rotatable bonds is 13. The highest BCUT2D eigenvalue weighted by Gasteiger charge is 2.26. The lowest BCUT2D eigenvalue weighted by molar-refractivity contribution is -0.142. The number of halogens is 1. The molecule has 0 aliphatic rings. The molecule has 1 aromatic carbocycles. The molecular weight excluding hydrogens is 363 g/mol. The van der Waals surface area contributed by atoms with Gasteiger partial charge in [-0.2, -0.15) is 0 Å². The topological polar surface area (TPSA) is 95.5 Å². The van der Waals surface area contributed by atoms with Crippen LogP contribution in [0.2, 0.25) is 0 Å². The van der Waals surface area contributed by atoms with Gasteiger partial charge in [-0.05, 0) is 37.0 Å². The van der Waals surface area contributed by atoms with Gasteiger partial charge in [0, 0.05) is 13.3 Å². The molecule has 0 unspecified atom stereocenters. The molecule has 0 aliphatic heterocycles. The smallest absolute Gasteiger partial charge is 0.326 e. The van der Waals surface area contributed by atoms with Crippen LogP contribution in [0.1, 0.15) is 51.0 Å². The van der Waals surface area contributed by atoms with Gasteiger partial charge in [-0.15, -0.1) is 6.58 Å². The van der Waals surface area contributed by atoms with Gasteiger partial charge >= 0.3 is 5.97 Å². The standard InChI is InChI=1S/C21H29FN2O4/c1-3-4-5-6-7-8-12-18(21(27)28)24-20(26)19(23-15(2)25)14-16-10-9-11-17(22)13-16/h3,9-11,13,18-19H,1,4-8,12,14H2,2H3,(H,23,25)(H,24,26)(H,27,28)/t18-,19+/m0/s1. The summed E-state index contributed by atoms with van der Waals surface area (Å²) in [5.41, 5.74) is 0.531. The first-order chi connectivity index (χ1) is 13.3. The highest BCUT2D eigenvalue weighted by atomic mass is 19.1. The monoisotopic (exact) mass is 392 g/mol. The van der Waals surface area contributed by atoms with Gasteiger partial charge in [0.05, 0.1) is 0 Å². The highest BCUT2D eigenvalue weighted by Crippen LogP contribution is 2.10. The van der Waals surface area contributed by atoms with Gasteiger partial charge in [-0.25, -0.2) is 9.18 Å². The number of unbranched alkanes of at least 4 members (excludes halogenated alkanes) is 4. The van der Waals surface area contributed by atoms with Gasteiger partial charge in [-0.1, -0.05) is 37.5 Å². The average Bonchev–Trinajstić information content (AvgIpc) is 2.62. The molecular formula is C21H29FN2O4. The first-order valence-corrected chi connectivity index (χ1v) is 9.49. The summed E-state index contributed by atoms with van der Waals surface area (Å²) in [4.78, 5) is 35.5. The number of carbonyl (C=O) groups excluding carboxylic acids is 2. The van der Waals surface area contributed by atoms with E-state index in [2.05, 4.69) is 17.2 Å². The molecule has 0 saturated heterocycles. The summed E-state index contributed by atoms with van der Waals surface area (Å²) in [5.74, 6) is -2.59. The number of carboxylic acids is 1. The summed E-state index contributed by atoms with van der Waals surface area (Å²) in [6, 6.07) is 3.71. The minimum absolute atomic E-state index is 0.0665. The molecule has 0 spiro atoms. The van der Waals surface area contributed by atoms with Crippen molar-refractivity contribution in [1.82, 2.24) is 10.6 Å². The van der Waals surface area contributed by atoms with Crippen LogP contribution in [0.15, 0.2) is 36.9 Å². The molecule has 1 rings (SSSR count). The molecule has 2 amide bonds. The normalized spacial score (nSPS) is 12.6. The Balaban J connectivity index is 2.67. The molecule has 0 aromatic heterocycles. The molecule has 6 nitrogen and oxygen atoms in total. The number of benzene rings is 1. The second-order valence-electron chi connectivity index (χ2n) is 6.77. The number of carbonyl (C=O) groups is 3. The Morgan fingerprint density at radius 3 is 2.46 bits per heavy atom. The van der Waals surface area contributed by atoms with E-state index in [1.165, 1.54) is 25.1 Å². The van der Waals surface area contributed by atoms with Crippen LogP contribution in [0.3, 0.4) is 0 Å². The van der Waals surface area contributed by atoms with Gasteiger partial charge in [-0.3, -0.25) is 9.59 Å². The van der Waals surface area contributed by atoms with Crippen LogP contribution in [-0.4, -0.2) is 35.0 Å². The molecule has 7 heteroatoms. The summed E-state index contributed by atoms with van der Waals surface area (Å²) in [7, 11) is 0. The average molecular weight is 392 g/mol. The molecule has 0 radical (unpaired) electrons. The largest absolute Gasteiger partial charge is 0.480 e. The lowest BCUT2D eigenvalue weighted by atomic mass is 10.0. The van der Waals surface area contributed by atoms with E-state index in [0.717, 1.165) is 25.7 Å². The van der Waals surface area contributed by atoms with Crippen LogP contribution >= 0.6 is 0 Å². The molecule has 154 valence electrons. The van der Waals surface area contributed by atoms with Crippen LogP contribution in [0, 0.1) is 5.82 Å². The predicted octanol–water partition coefficient (Wildman–Crippen LogP) is 2.97. The van der Waals surface area contributed by atoms with Gasteiger partial charge in [0.2, 0.25) is 11.8 Å². The first kappa shape index (κ1) is 23.3. The number of allylic oxidation sites excluding steroid dienone is 1. The molecule has 3 N–H and O–H groups in total. The Kier molecular flexibility index (Phi) is 10.5. The van der Waals surface area contributed by atoms with Crippen LogP contribution in [0.4, 0.5) is 4.39 Å². The number of hydrogen-bond acceptors (Lipinski definition) is 3. The fourth-order valence-corrected chi connectivity index (χ4v) is 2.87. The Hall–Kier alpha value is -2.70. The van der Waals surface area contributed by atoms with Crippen molar-refractivity contribution >= 4 is 17.8 Å². The number of amides is 2. The number of nitrogens with one attached hydrogen (secondary N) is 2. The Morgan fingerprint density at radius 2 is 1.86 bits per heavy atom. The molecule has 0 saturated carbocycles. The lowest BCUT2D eigenvalue weighted by Crippen LogP contribution is -2.52. The lowest BCUT2D eigenvalue weighted by Gasteiger charge is -2.21. The van der Waals surface area contributed by atoms with E-state index in [1.54, 1.807) is 6.07 Å². The van der Waals surface area contributed by atoms with E-state index in [-0.39, 0.29) is 6.42 Å². The van der Waals surface area contributed by atoms with Crippen LogP contribution in [-0.2, 0) is 20.8 Å². The zero-order valence-electron chi connectivity index (χ0n) is 16.2. The fraction of sp³-hybridized carbons (Fsp3) is 0.476. The van der Waals surface area contributed by atoms with Crippen molar-refractivity contribution in [3.05, 3.63) is 48.3 Å². The van der Waals surface area contributed by atoms with Crippen molar-refractivity contribution < 1.29 is 23.9 Å². The van der Waals surface area contributed by atoms with E-state index in [9.17, 15) is 23.9 Å². The minimum atomic E-state index is -1.12. The third-order valence-electron chi connectivity index (χ3n) is 4.29. The van der Waals surface area contributed by atoms with Gasteiger partial charge < -0.3 is 15.7 Å².